The molecule has 1 saturated heterocycles. The Morgan fingerprint density at radius 1 is 1.35 bits per heavy atom. The van der Waals surface area contributed by atoms with E-state index in [1.807, 2.05) is 18.2 Å². The molecule has 0 bridgehead atoms. The Balaban J connectivity index is 1.88. The zero-order valence-corrected chi connectivity index (χ0v) is 17.0. The molecule has 1 aromatic carbocycles. The minimum Gasteiger partial charge on any atom is -0.350 e. The van der Waals surface area contributed by atoms with Gasteiger partial charge in [0, 0.05) is 23.0 Å². The van der Waals surface area contributed by atoms with Gasteiger partial charge in [-0.15, -0.1) is 0 Å². The summed E-state index contributed by atoms with van der Waals surface area (Å²) in [4.78, 5) is 18.8. The highest BCUT2D eigenvalue weighted by Crippen LogP contribution is 2.33. The fraction of sp³-hybridized carbons (Fsp3) is 0.591. The molecule has 0 aliphatic carbocycles. The van der Waals surface area contributed by atoms with Crippen molar-refractivity contribution in [3.8, 4) is 0 Å². The second-order valence-electron chi connectivity index (χ2n) is 9.13. The molecule has 26 heavy (non-hydrogen) atoms. The number of hydrogen-bond acceptors (Lipinski definition) is 2. The summed E-state index contributed by atoms with van der Waals surface area (Å²) in [6.07, 6.45) is 2.46. The van der Waals surface area contributed by atoms with E-state index >= 15 is 0 Å². The van der Waals surface area contributed by atoms with Gasteiger partial charge in [-0.25, -0.2) is 0 Å². The number of hydrogen-bond donors (Lipinski definition) is 2. The van der Waals surface area contributed by atoms with Gasteiger partial charge in [-0.1, -0.05) is 45.9 Å². The van der Waals surface area contributed by atoms with E-state index in [0.29, 0.717) is 17.7 Å². The van der Waals surface area contributed by atoms with Crippen molar-refractivity contribution in [3.63, 3.8) is 0 Å². The van der Waals surface area contributed by atoms with Crippen LogP contribution in [0.15, 0.2) is 24.3 Å². The summed E-state index contributed by atoms with van der Waals surface area (Å²) in [6, 6.07) is 8.57. The molecule has 0 saturated carbocycles. The first-order valence-electron chi connectivity index (χ1n) is 9.78. The van der Waals surface area contributed by atoms with Gasteiger partial charge >= 0.3 is 0 Å². The van der Waals surface area contributed by atoms with Crippen LogP contribution in [0.4, 0.5) is 0 Å². The van der Waals surface area contributed by atoms with E-state index in [4.69, 9.17) is 0 Å². The number of aromatic nitrogens is 1. The fourth-order valence-corrected chi connectivity index (χ4v) is 4.46. The van der Waals surface area contributed by atoms with Crippen molar-refractivity contribution in [1.29, 1.82) is 0 Å². The standard InChI is InChI=1S/C22H33N3O/c1-14-9-7-11-16-13-17(23-18(14)16)21(26)24-20(22(3,4)5)19-15(2)10-8-12-25(19)6/h7,9,11,13,15,19-20,23H,8,10,12H2,1-6H3,(H,24,26). The van der Waals surface area contributed by atoms with E-state index in [1.165, 1.54) is 12.8 Å². The summed E-state index contributed by atoms with van der Waals surface area (Å²) in [5, 5.41) is 4.46. The third-order valence-corrected chi connectivity index (χ3v) is 5.93. The smallest absolute Gasteiger partial charge is 0.268 e. The van der Waals surface area contributed by atoms with Crippen LogP contribution in [0.1, 0.15) is 56.6 Å². The lowest BCUT2D eigenvalue weighted by Gasteiger charge is -2.47. The molecule has 2 aromatic rings. The monoisotopic (exact) mass is 355 g/mol. The number of aryl methyl sites for hydroxylation is 1. The van der Waals surface area contributed by atoms with Gasteiger partial charge in [-0.2, -0.15) is 0 Å². The van der Waals surface area contributed by atoms with Crippen LogP contribution < -0.4 is 5.32 Å². The van der Waals surface area contributed by atoms with Crippen molar-refractivity contribution in [3.05, 3.63) is 35.5 Å². The average molecular weight is 356 g/mol. The van der Waals surface area contributed by atoms with E-state index < -0.39 is 0 Å². The maximum atomic E-state index is 13.1. The number of amides is 1. The van der Waals surface area contributed by atoms with Gasteiger partial charge in [0.25, 0.3) is 5.91 Å². The highest BCUT2D eigenvalue weighted by atomic mass is 16.2. The number of nitrogens with one attached hydrogen (secondary N) is 2. The fourth-order valence-electron chi connectivity index (χ4n) is 4.46. The van der Waals surface area contributed by atoms with Crippen molar-refractivity contribution in [1.82, 2.24) is 15.2 Å². The molecule has 0 spiro atoms. The van der Waals surface area contributed by atoms with Crippen LogP contribution in [0, 0.1) is 18.3 Å². The molecule has 4 heteroatoms. The number of carbonyl (C=O) groups excluding carboxylic acids is 1. The van der Waals surface area contributed by atoms with Crippen LogP contribution in [-0.4, -0.2) is 41.5 Å². The van der Waals surface area contributed by atoms with Gasteiger partial charge < -0.3 is 15.2 Å². The topological polar surface area (TPSA) is 48.1 Å². The molecule has 4 nitrogen and oxygen atoms in total. The number of piperidine rings is 1. The molecule has 1 fully saturated rings. The number of carbonyl (C=O) groups is 1. The van der Waals surface area contributed by atoms with Gasteiger partial charge in [0.2, 0.25) is 0 Å². The van der Waals surface area contributed by atoms with E-state index in [9.17, 15) is 4.79 Å². The summed E-state index contributed by atoms with van der Waals surface area (Å²) in [7, 11) is 2.19. The van der Waals surface area contributed by atoms with Crippen LogP contribution in [0.2, 0.25) is 0 Å². The number of rotatable bonds is 3. The third-order valence-electron chi connectivity index (χ3n) is 5.93. The summed E-state index contributed by atoms with van der Waals surface area (Å²) >= 11 is 0. The summed E-state index contributed by atoms with van der Waals surface area (Å²) in [5.74, 6) is 0.565. The predicted octanol–water partition coefficient (Wildman–Crippen LogP) is 4.35. The lowest BCUT2D eigenvalue weighted by Crippen LogP contribution is -2.60. The second-order valence-corrected chi connectivity index (χ2v) is 9.13. The van der Waals surface area contributed by atoms with Crippen molar-refractivity contribution in [2.45, 2.75) is 59.5 Å². The van der Waals surface area contributed by atoms with Crippen LogP contribution in [0.25, 0.3) is 10.9 Å². The van der Waals surface area contributed by atoms with Gasteiger partial charge in [-0.05, 0) is 56.3 Å². The third kappa shape index (κ3) is 3.66. The molecular weight excluding hydrogens is 322 g/mol. The Morgan fingerprint density at radius 3 is 2.69 bits per heavy atom. The van der Waals surface area contributed by atoms with Crippen LogP contribution in [0.5, 0.6) is 0 Å². The molecule has 2 heterocycles. The van der Waals surface area contributed by atoms with Crippen LogP contribution in [-0.2, 0) is 0 Å². The number of aromatic amines is 1. The molecule has 1 aliphatic rings. The maximum absolute atomic E-state index is 13.1. The van der Waals surface area contributed by atoms with Crippen LogP contribution in [0.3, 0.4) is 0 Å². The first kappa shape index (κ1) is 19.0. The molecule has 1 amide bonds. The normalized spacial score (nSPS) is 23.2. The number of fused-ring (bicyclic) bond motifs is 1. The number of H-pyrrole nitrogens is 1. The van der Waals surface area contributed by atoms with Crippen molar-refractivity contribution < 1.29 is 4.79 Å². The molecule has 142 valence electrons. The largest absolute Gasteiger partial charge is 0.350 e. The lowest BCUT2D eigenvalue weighted by molar-refractivity contribution is 0.0473. The predicted molar refractivity (Wildman–Crippen MR) is 109 cm³/mol. The Bertz CT molecular complexity index is 776. The van der Waals surface area contributed by atoms with Gasteiger partial charge in [-0.3, -0.25) is 4.79 Å². The lowest BCUT2D eigenvalue weighted by atomic mass is 9.75. The van der Waals surface area contributed by atoms with E-state index in [-0.39, 0.29) is 17.4 Å². The van der Waals surface area contributed by atoms with Crippen LogP contribution >= 0.6 is 0 Å². The zero-order valence-electron chi connectivity index (χ0n) is 17.0. The quantitative estimate of drug-likeness (QED) is 0.860. The first-order valence-corrected chi connectivity index (χ1v) is 9.78. The minimum atomic E-state index is -0.0118. The second kappa shape index (κ2) is 7.07. The molecule has 3 unspecified atom stereocenters. The molecular formula is C22H33N3O. The average Bonchev–Trinajstić information content (AvgIpc) is 2.98. The highest BCUT2D eigenvalue weighted by molar-refractivity contribution is 5.98. The minimum absolute atomic E-state index is 0.00769. The molecule has 1 aromatic heterocycles. The van der Waals surface area contributed by atoms with Crippen molar-refractivity contribution in [2.24, 2.45) is 11.3 Å². The van der Waals surface area contributed by atoms with E-state index in [0.717, 1.165) is 23.0 Å². The maximum Gasteiger partial charge on any atom is 0.268 e. The molecule has 3 rings (SSSR count). The van der Waals surface area contributed by atoms with E-state index in [1.54, 1.807) is 0 Å². The first-order chi connectivity index (χ1) is 12.2. The van der Waals surface area contributed by atoms with Gasteiger partial charge in [0.05, 0.1) is 0 Å². The summed E-state index contributed by atoms with van der Waals surface area (Å²) < 4.78 is 0. The van der Waals surface area contributed by atoms with Gasteiger partial charge in [0.15, 0.2) is 0 Å². The summed E-state index contributed by atoms with van der Waals surface area (Å²) in [6.45, 7) is 12.2. The Labute approximate surface area is 157 Å². The highest BCUT2D eigenvalue weighted by Gasteiger charge is 2.40. The molecule has 3 atom stereocenters. The number of likely N-dealkylation sites (tertiary alicyclic amines) is 1. The molecule has 0 radical (unpaired) electrons. The Kier molecular flexibility index (Phi) is 5.16. The zero-order chi connectivity index (χ0) is 19.1. The number of nitrogens with zero attached hydrogens (tertiary/aromatic N) is 1. The number of benzene rings is 1. The molecule has 1 aliphatic heterocycles. The van der Waals surface area contributed by atoms with Crippen molar-refractivity contribution in [2.75, 3.05) is 13.6 Å². The SMILES string of the molecule is Cc1cccc2cc(C(=O)NC(C3C(C)CCCN3C)C(C)(C)C)[nH]c12. The Hall–Kier alpha value is -1.81. The number of likely N-dealkylation sites (N-methyl/N-ethyl adjacent to an activating group) is 1. The van der Waals surface area contributed by atoms with Gasteiger partial charge in [0.1, 0.15) is 5.69 Å². The van der Waals surface area contributed by atoms with Crippen molar-refractivity contribution >= 4 is 16.8 Å². The summed E-state index contributed by atoms with van der Waals surface area (Å²) in [5.41, 5.74) is 2.85. The number of para-hydroxylation sites is 1. The Morgan fingerprint density at radius 2 is 2.08 bits per heavy atom. The molecule has 2 N–H and O–H groups in total. The van der Waals surface area contributed by atoms with E-state index in [2.05, 4.69) is 62.9 Å².